The third kappa shape index (κ3) is 21.7. The van der Waals surface area contributed by atoms with Crippen LogP contribution in [-0.2, 0) is 9.53 Å². The van der Waals surface area contributed by atoms with Crippen LogP contribution in [0.2, 0.25) is 0 Å². The first-order valence-electron chi connectivity index (χ1n) is 9.25. The van der Waals surface area contributed by atoms with Crippen LogP contribution in [0.15, 0.2) is 12.2 Å². The van der Waals surface area contributed by atoms with Gasteiger partial charge in [0.2, 0.25) is 0 Å². The molecule has 0 aromatic heterocycles. The number of hydrogen-bond acceptors (Lipinski definition) is 3. The molecule has 0 amide bonds. The zero-order valence-electron chi connectivity index (χ0n) is 14.7. The molecule has 0 aromatic rings. The quantitative estimate of drug-likeness (QED) is 0.137. The fourth-order valence-corrected chi connectivity index (χ4v) is 2.49. The molecular formula is C19H35NaO4. The fourth-order valence-electron chi connectivity index (χ4n) is 2.49. The molecule has 0 bridgehead atoms. The number of rotatable bonds is 15. The maximum atomic E-state index is 11.0. The Morgan fingerprint density at radius 3 is 1.75 bits per heavy atom. The first kappa shape index (κ1) is 25.9. The maximum absolute atomic E-state index is 11.0. The van der Waals surface area contributed by atoms with Gasteiger partial charge in [-0.2, -0.15) is 0 Å². The van der Waals surface area contributed by atoms with Crippen LogP contribution in [0.4, 0.5) is 4.79 Å². The van der Waals surface area contributed by atoms with Crippen molar-refractivity contribution in [1.29, 1.82) is 0 Å². The summed E-state index contributed by atoms with van der Waals surface area (Å²) in [6.45, 7) is 2.25. The summed E-state index contributed by atoms with van der Waals surface area (Å²) in [5.74, 6) is -0.643. The van der Waals surface area contributed by atoms with E-state index in [-0.39, 0.29) is 36.0 Å². The number of hydrogen-bond donors (Lipinski definition) is 1. The molecule has 0 aliphatic carbocycles. The summed E-state index contributed by atoms with van der Waals surface area (Å²) in [6, 6.07) is 0. The van der Waals surface area contributed by atoms with Gasteiger partial charge in [-0.05, 0) is 32.1 Å². The number of ether oxygens (including phenoxy) is 1. The second-order valence-corrected chi connectivity index (χ2v) is 6.07. The molecule has 0 atom stereocenters. The SMILES string of the molecule is CCCCCCCC/C=C\CCCCCCCC(=O)OC(=O)O.[NaH]. The van der Waals surface area contributed by atoms with Gasteiger partial charge in [-0.1, -0.05) is 70.4 Å². The average Bonchev–Trinajstić information content (AvgIpc) is 2.50. The standard InChI is InChI=1S/C19H34O4.Na.H/c1-2-3-4-5-6-7-8-9-10-11-12-13-14-15-16-17-18(20)23-19(21)22;;/h9-10H,2-8,11-17H2,1H3,(H,21,22);;/b10-9-;;. The van der Waals surface area contributed by atoms with Crippen molar-refractivity contribution in [3.05, 3.63) is 12.2 Å². The number of carbonyl (C=O) groups excluding carboxylic acids is 1. The predicted molar refractivity (Wildman–Crippen MR) is 101 cm³/mol. The summed E-state index contributed by atoms with van der Waals surface area (Å²) in [7, 11) is 0. The first-order chi connectivity index (χ1) is 11.2. The van der Waals surface area contributed by atoms with E-state index in [0.29, 0.717) is 6.42 Å². The summed E-state index contributed by atoms with van der Waals surface area (Å²) in [5, 5.41) is 8.26. The Morgan fingerprint density at radius 1 is 0.792 bits per heavy atom. The van der Waals surface area contributed by atoms with E-state index in [1.165, 1.54) is 51.4 Å². The first-order valence-corrected chi connectivity index (χ1v) is 9.25. The number of unbranched alkanes of at least 4 members (excludes halogenated alkanes) is 11. The Bertz CT molecular complexity index is 329. The van der Waals surface area contributed by atoms with Gasteiger partial charge in [-0.3, -0.25) is 4.79 Å². The number of carboxylic acid groups (broad SMARTS) is 1. The van der Waals surface area contributed by atoms with Gasteiger partial charge in [0.05, 0.1) is 0 Å². The Balaban J connectivity index is 0. The van der Waals surface area contributed by atoms with E-state index in [1.807, 2.05) is 0 Å². The third-order valence-corrected chi connectivity index (χ3v) is 3.84. The van der Waals surface area contributed by atoms with Crippen LogP contribution >= 0.6 is 0 Å². The molecule has 0 aromatic carbocycles. The Kier molecular flexibility index (Phi) is 22.4. The van der Waals surface area contributed by atoms with Gasteiger partial charge in [0.25, 0.3) is 0 Å². The van der Waals surface area contributed by atoms with E-state index in [1.54, 1.807) is 0 Å². The van der Waals surface area contributed by atoms with Crippen LogP contribution in [0.1, 0.15) is 96.8 Å². The molecular weight excluding hydrogens is 315 g/mol. The van der Waals surface area contributed by atoms with Crippen LogP contribution in [-0.4, -0.2) is 46.8 Å². The van der Waals surface area contributed by atoms with Crippen LogP contribution in [0.25, 0.3) is 0 Å². The van der Waals surface area contributed by atoms with Gasteiger partial charge < -0.3 is 9.84 Å². The molecule has 0 aliphatic rings. The van der Waals surface area contributed by atoms with Crippen molar-refractivity contribution in [3.8, 4) is 0 Å². The van der Waals surface area contributed by atoms with Crippen LogP contribution in [0.5, 0.6) is 0 Å². The van der Waals surface area contributed by atoms with E-state index in [9.17, 15) is 9.59 Å². The Hall–Kier alpha value is -0.320. The van der Waals surface area contributed by atoms with E-state index in [4.69, 9.17) is 5.11 Å². The van der Waals surface area contributed by atoms with Crippen molar-refractivity contribution in [2.75, 3.05) is 0 Å². The van der Waals surface area contributed by atoms with Gasteiger partial charge in [0.15, 0.2) is 0 Å². The molecule has 4 nitrogen and oxygen atoms in total. The van der Waals surface area contributed by atoms with Crippen LogP contribution in [0.3, 0.4) is 0 Å². The predicted octanol–water partition coefficient (Wildman–Crippen LogP) is 5.60. The number of carbonyl (C=O) groups is 2. The van der Waals surface area contributed by atoms with Crippen molar-refractivity contribution in [1.82, 2.24) is 0 Å². The van der Waals surface area contributed by atoms with Crippen molar-refractivity contribution in [2.24, 2.45) is 0 Å². The third-order valence-electron chi connectivity index (χ3n) is 3.84. The van der Waals surface area contributed by atoms with Crippen LogP contribution in [0, 0.1) is 0 Å². The second-order valence-electron chi connectivity index (χ2n) is 6.07. The molecule has 0 saturated heterocycles. The van der Waals surface area contributed by atoms with Gasteiger partial charge in [0, 0.05) is 6.42 Å². The van der Waals surface area contributed by atoms with Crippen LogP contribution < -0.4 is 0 Å². The van der Waals surface area contributed by atoms with Crippen molar-refractivity contribution < 1.29 is 19.4 Å². The molecule has 0 spiro atoms. The molecule has 0 rings (SSSR count). The molecule has 0 heterocycles. The molecule has 0 fully saturated rings. The monoisotopic (exact) mass is 350 g/mol. The number of allylic oxidation sites excluding steroid dienone is 2. The van der Waals surface area contributed by atoms with Gasteiger partial charge in [0.1, 0.15) is 0 Å². The summed E-state index contributed by atoms with van der Waals surface area (Å²) >= 11 is 0. The Morgan fingerprint density at radius 2 is 1.25 bits per heavy atom. The average molecular weight is 350 g/mol. The molecule has 5 heteroatoms. The van der Waals surface area contributed by atoms with E-state index in [0.717, 1.165) is 25.7 Å². The molecule has 0 radical (unpaired) electrons. The molecule has 0 aliphatic heterocycles. The zero-order chi connectivity index (χ0) is 17.2. The molecule has 0 unspecified atom stereocenters. The second kappa shape index (κ2) is 20.7. The van der Waals surface area contributed by atoms with E-state index >= 15 is 0 Å². The summed E-state index contributed by atoms with van der Waals surface area (Å²) < 4.78 is 4.04. The van der Waals surface area contributed by atoms with Gasteiger partial charge in [-0.25, -0.2) is 4.79 Å². The molecule has 1 N–H and O–H groups in total. The van der Waals surface area contributed by atoms with Gasteiger partial charge in [-0.15, -0.1) is 0 Å². The molecule has 136 valence electrons. The minimum atomic E-state index is -1.51. The topological polar surface area (TPSA) is 63.6 Å². The van der Waals surface area contributed by atoms with Crippen molar-refractivity contribution in [2.45, 2.75) is 96.8 Å². The summed E-state index contributed by atoms with van der Waals surface area (Å²) in [6.07, 6.45) is 18.8. The summed E-state index contributed by atoms with van der Waals surface area (Å²) in [5.41, 5.74) is 0. The van der Waals surface area contributed by atoms with Crippen molar-refractivity contribution in [3.63, 3.8) is 0 Å². The van der Waals surface area contributed by atoms with Gasteiger partial charge >= 0.3 is 41.7 Å². The van der Waals surface area contributed by atoms with E-state index in [2.05, 4.69) is 23.8 Å². The minimum absolute atomic E-state index is 0. The zero-order valence-corrected chi connectivity index (χ0v) is 14.7. The van der Waals surface area contributed by atoms with Crippen molar-refractivity contribution >= 4 is 41.7 Å². The number of esters is 1. The molecule has 0 saturated carbocycles. The normalized spacial score (nSPS) is 10.5. The van der Waals surface area contributed by atoms with E-state index < -0.39 is 12.1 Å². The fraction of sp³-hybridized carbons (Fsp3) is 0.789. The Labute approximate surface area is 169 Å². The molecule has 24 heavy (non-hydrogen) atoms. The summed E-state index contributed by atoms with van der Waals surface area (Å²) in [4.78, 5) is 21.1.